The first-order valence-corrected chi connectivity index (χ1v) is 14.9. The van der Waals surface area contributed by atoms with Gasteiger partial charge in [0.25, 0.3) is 0 Å². The van der Waals surface area contributed by atoms with Crippen molar-refractivity contribution < 1.29 is 28.9 Å². The minimum Gasteiger partial charge on any atom is -0.481 e. The summed E-state index contributed by atoms with van der Waals surface area (Å²) in [6, 6.07) is 0. The van der Waals surface area contributed by atoms with Gasteiger partial charge in [-0.1, -0.05) is 110 Å². The average molecular weight is 516 g/mol. The number of hydrogen-bond donors (Lipinski definition) is 2. The summed E-state index contributed by atoms with van der Waals surface area (Å²) in [5.74, 6) is -0.758. The molecule has 0 saturated heterocycles. The van der Waals surface area contributed by atoms with Gasteiger partial charge in [0, 0.05) is 13.0 Å². The number of rotatable bonds is 30. The molecule has 2 N–H and O–H groups in total. The quantitative estimate of drug-likeness (QED) is 0.104. The lowest BCUT2D eigenvalue weighted by molar-refractivity contribution is -0.138. The minimum atomic E-state index is -0.864. The summed E-state index contributed by atoms with van der Waals surface area (Å²) < 4.78 is 15.9. The Labute approximate surface area is 221 Å². The molecule has 36 heavy (non-hydrogen) atoms. The minimum absolute atomic E-state index is 0.00827. The highest BCUT2D eigenvalue weighted by molar-refractivity contribution is 5.75. The molecular weight excluding hydrogens is 458 g/mol. The summed E-state index contributed by atoms with van der Waals surface area (Å²) in [6.07, 6.45) is 23.5. The summed E-state index contributed by atoms with van der Waals surface area (Å²) in [7, 11) is 0. The van der Waals surface area contributed by atoms with Crippen LogP contribution in [0.25, 0.3) is 0 Å². The maximum absolute atomic E-state index is 11.9. The number of unbranched alkanes of at least 4 members (excludes halogenated alkanes) is 16. The zero-order valence-corrected chi connectivity index (χ0v) is 23.4. The van der Waals surface area contributed by atoms with Crippen molar-refractivity contribution in [3.8, 4) is 0 Å². The molecule has 214 valence electrons. The van der Waals surface area contributed by atoms with Crippen molar-refractivity contribution in [2.24, 2.45) is 0 Å². The maximum atomic E-state index is 11.9. The van der Waals surface area contributed by atoms with Gasteiger partial charge in [-0.3, -0.25) is 9.59 Å². The molecule has 0 aliphatic rings. The molecular formula is C29H57NO6. The molecule has 0 spiro atoms. The maximum Gasteiger partial charge on any atom is 0.305 e. The van der Waals surface area contributed by atoms with Gasteiger partial charge in [0.15, 0.2) is 0 Å². The first-order valence-electron chi connectivity index (χ1n) is 14.9. The number of ether oxygens (including phenoxy) is 3. The Morgan fingerprint density at radius 3 is 1.36 bits per heavy atom. The summed E-state index contributed by atoms with van der Waals surface area (Å²) in [4.78, 5) is 22.2. The van der Waals surface area contributed by atoms with E-state index in [0.717, 1.165) is 12.8 Å². The van der Waals surface area contributed by atoms with Gasteiger partial charge in [0.1, 0.15) is 0 Å². The highest BCUT2D eigenvalue weighted by Gasteiger charge is 2.01. The van der Waals surface area contributed by atoms with Crippen LogP contribution >= 0.6 is 0 Å². The van der Waals surface area contributed by atoms with Crippen molar-refractivity contribution in [3.63, 3.8) is 0 Å². The molecule has 0 unspecified atom stereocenters. The monoisotopic (exact) mass is 515 g/mol. The lowest BCUT2D eigenvalue weighted by atomic mass is 10.0. The topological polar surface area (TPSA) is 94.1 Å². The van der Waals surface area contributed by atoms with E-state index in [-0.39, 0.29) is 18.9 Å². The molecule has 7 heteroatoms. The van der Waals surface area contributed by atoms with Crippen molar-refractivity contribution >= 4 is 11.9 Å². The van der Waals surface area contributed by atoms with E-state index in [2.05, 4.69) is 12.2 Å². The van der Waals surface area contributed by atoms with Crippen LogP contribution in [-0.2, 0) is 23.8 Å². The molecule has 0 aromatic heterocycles. The van der Waals surface area contributed by atoms with Gasteiger partial charge in [-0.2, -0.15) is 0 Å². The number of carboxylic acids is 1. The third-order valence-corrected chi connectivity index (χ3v) is 6.28. The molecule has 0 rings (SSSR count). The molecule has 0 radical (unpaired) electrons. The molecule has 0 atom stereocenters. The molecule has 0 bridgehead atoms. The zero-order chi connectivity index (χ0) is 26.4. The Balaban J connectivity index is 3.15. The molecule has 0 aromatic rings. The van der Waals surface area contributed by atoms with E-state index in [1.54, 1.807) is 0 Å². The largest absolute Gasteiger partial charge is 0.481 e. The van der Waals surface area contributed by atoms with Crippen LogP contribution in [0.4, 0.5) is 0 Å². The van der Waals surface area contributed by atoms with E-state index in [1.165, 1.54) is 96.3 Å². The van der Waals surface area contributed by atoms with Gasteiger partial charge in [0.05, 0.1) is 46.1 Å². The van der Waals surface area contributed by atoms with E-state index in [1.807, 2.05) is 0 Å². The van der Waals surface area contributed by atoms with Crippen LogP contribution in [0.15, 0.2) is 0 Å². The lowest BCUT2D eigenvalue weighted by Gasteiger charge is -2.08. The second kappa shape index (κ2) is 30.0. The number of hydrogen-bond acceptors (Lipinski definition) is 5. The van der Waals surface area contributed by atoms with Crippen LogP contribution in [0, 0.1) is 0 Å². The number of nitrogens with one attached hydrogen (secondary N) is 1. The predicted molar refractivity (Wildman–Crippen MR) is 146 cm³/mol. The van der Waals surface area contributed by atoms with Crippen LogP contribution < -0.4 is 5.32 Å². The van der Waals surface area contributed by atoms with Gasteiger partial charge in [-0.25, -0.2) is 0 Å². The lowest BCUT2D eigenvalue weighted by Crippen LogP contribution is -2.27. The Bertz CT molecular complexity index is 475. The van der Waals surface area contributed by atoms with E-state index in [0.29, 0.717) is 46.0 Å². The van der Waals surface area contributed by atoms with E-state index in [4.69, 9.17) is 19.3 Å². The molecule has 0 heterocycles. The number of carbonyl (C=O) groups excluding carboxylic acids is 1. The first-order chi connectivity index (χ1) is 17.7. The fourth-order valence-corrected chi connectivity index (χ4v) is 4.06. The molecule has 1 amide bonds. The molecule has 0 aliphatic carbocycles. The van der Waals surface area contributed by atoms with E-state index >= 15 is 0 Å². The number of aliphatic carboxylic acids is 1. The molecule has 7 nitrogen and oxygen atoms in total. The molecule has 0 aromatic carbocycles. The smallest absolute Gasteiger partial charge is 0.305 e. The Kier molecular flexibility index (Phi) is 29.1. The average Bonchev–Trinajstić information content (AvgIpc) is 2.86. The Morgan fingerprint density at radius 1 is 0.528 bits per heavy atom. The first kappa shape index (κ1) is 34.8. The van der Waals surface area contributed by atoms with Crippen molar-refractivity contribution in [1.29, 1.82) is 0 Å². The van der Waals surface area contributed by atoms with Crippen LogP contribution in [0.1, 0.15) is 129 Å². The van der Waals surface area contributed by atoms with Crippen LogP contribution in [0.2, 0.25) is 0 Å². The summed E-state index contributed by atoms with van der Waals surface area (Å²) in [6.45, 7) is 5.19. The highest BCUT2D eigenvalue weighted by Crippen LogP contribution is 2.14. The number of amides is 1. The third kappa shape index (κ3) is 30.9. The van der Waals surface area contributed by atoms with Crippen molar-refractivity contribution in [2.45, 2.75) is 129 Å². The highest BCUT2D eigenvalue weighted by atomic mass is 16.5. The van der Waals surface area contributed by atoms with Gasteiger partial charge >= 0.3 is 5.97 Å². The van der Waals surface area contributed by atoms with Crippen LogP contribution in [0.5, 0.6) is 0 Å². The van der Waals surface area contributed by atoms with Crippen molar-refractivity contribution in [2.75, 3.05) is 46.2 Å². The fourth-order valence-electron chi connectivity index (χ4n) is 4.06. The van der Waals surface area contributed by atoms with E-state index < -0.39 is 5.97 Å². The molecule has 0 fully saturated rings. The standard InChI is InChI=1S/C29H57NO6/c1-2-3-4-5-6-7-8-9-10-11-12-13-14-15-16-17-18-19-28(31)30-21-23-35-25-27-36-26-24-34-22-20-29(32)33/h2-27H2,1H3,(H,30,31)(H,32,33). The van der Waals surface area contributed by atoms with E-state index in [9.17, 15) is 9.59 Å². The van der Waals surface area contributed by atoms with Crippen molar-refractivity contribution in [3.05, 3.63) is 0 Å². The molecule has 0 aliphatic heterocycles. The zero-order valence-electron chi connectivity index (χ0n) is 23.4. The predicted octanol–water partition coefficient (Wildman–Crippen LogP) is 6.67. The van der Waals surface area contributed by atoms with Crippen molar-refractivity contribution in [1.82, 2.24) is 5.32 Å². The van der Waals surface area contributed by atoms with Gasteiger partial charge in [-0.15, -0.1) is 0 Å². The second-order valence-corrected chi connectivity index (χ2v) is 9.74. The molecule has 0 saturated carbocycles. The Morgan fingerprint density at radius 2 is 0.917 bits per heavy atom. The summed E-state index contributed by atoms with van der Waals surface area (Å²) >= 11 is 0. The summed E-state index contributed by atoms with van der Waals surface area (Å²) in [5.41, 5.74) is 0. The van der Waals surface area contributed by atoms with Crippen LogP contribution in [-0.4, -0.2) is 63.2 Å². The SMILES string of the molecule is CCCCCCCCCCCCCCCCCCCC(=O)NCCOCCOCCOCCC(=O)O. The van der Waals surface area contributed by atoms with Gasteiger partial charge in [0.2, 0.25) is 5.91 Å². The number of carbonyl (C=O) groups is 2. The number of carboxylic acid groups (broad SMARTS) is 1. The Hall–Kier alpha value is -1.18. The third-order valence-electron chi connectivity index (χ3n) is 6.28. The normalized spacial score (nSPS) is 11.1. The van der Waals surface area contributed by atoms with Crippen LogP contribution in [0.3, 0.4) is 0 Å². The summed E-state index contributed by atoms with van der Waals surface area (Å²) in [5, 5.41) is 11.4. The van der Waals surface area contributed by atoms with Gasteiger partial charge < -0.3 is 24.6 Å². The fraction of sp³-hybridized carbons (Fsp3) is 0.931. The van der Waals surface area contributed by atoms with Gasteiger partial charge in [-0.05, 0) is 6.42 Å². The second-order valence-electron chi connectivity index (χ2n) is 9.74.